The molecule has 0 radical (unpaired) electrons. The molecule has 0 bridgehead atoms. The van der Waals surface area contributed by atoms with Gasteiger partial charge in [0.05, 0.1) is 18.5 Å². The summed E-state index contributed by atoms with van der Waals surface area (Å²) in [6, 6.07) is 9.87. The van der Waals surface area contributed by atoms with Crippen LogP contribution in [-0.2, 0) is 28.8 Å². The van der Waals surface area contributed by atoms with E-state index < -0.39 is 17.7 Å². The van der Waals surface area contributed by atoms with E-state index in [0.717, 1.165) is 36.9 Å². The Kier molecular flexibility index (Phi) is 7.88. The van der Waals surface area contributed by atoms with Gasteiger partial charge in [-0.05, 0) is 73.2 Å². The number of alkyl halides is 3. The van der Waals surface area contributed by atoms with Crippen LogP contribution in [0.2, 0.25) is 0 Å². The summed E-state index contributed by atoms with van der Waals surface area (Å²) in [5.74, 6) is -0.518. The first-order valence-corrected chi connectivity index (χ1v) is 12.3. The summed E-state index contributed by atoms with van der Waals surface area (Å²) in [5, 5.41) is 8.80. The van der Waals surface area contributed by atoms with Gasteiger partial charge in [0.2, 0.25) is 5.91 Å². The lowest BCUT2D eigenvalue weighted by atomic mass is 9.91. The number of carbonyl (C=O) groups excluding carboxylic acids is 1. The Morgan fingerprint density at radius 1 is 1.14 bits per heavy atom. The smallest absolute Gasteiger partial charge is 0.416 e. The second-order valence-corrected chi connectivity index (χ2v) is 9.66. The first kappa shape index (κ1) is 26.0. The maximum atomic E-state index is 13.8. The number of amides is 1. The van der Waals surface area contributed by atoms with Gasteiger partial charge in [-0.2, -0.15) is 13.2 Å². The monoisotopic (exact) mass is 504 g/mol. The number of hydrogen-bond donors (Lipinski definition) is 1. The molecule has 1 saturated carbocycles. The molecule has 1 fully saturated rings. The lowest BCUT2D eigenvalue weighted by Crippen LogP contribution is -2.38. The van der Waals surface area contributed by atoms with E-state index in [4.69, 9.17) is 9.84 Å². The lowest BCUT2D eigenvalue weighted by Gasteiger charge is -2.22. The molecule has 0 saturated heterocycles. The number of carbonyl (C=O) groups is 2. The fourth-order valence-electron chi connectivity index (χ4n) is 5.11. The van der Waals surface area contributed by atoms with Gasteiger partial charge in [0.25, 0.3) is 0 Å². The number of fused-ring (bicyclic) bond motifs is 1. The van der Waals surface area contributed by atoms with Gasteiger partial charge < -0.3 is 14.7 Å². The zero-order chi connectivity index (χ0) is 25.9. The van der Waals surface area contributed by atoms with Crippen LogP contribution in [0.15, 0.2) is 36.4 Å². The summed E-state index contributed by atoms with van der Waals surface area (Å²) in [6.45, 7) is 0.932. The van der Waals surface area contributed by atoms with Gasteiger partial charge in [-0.1, -0.05) is 25.0 Å². The Bertz CT molecular complexity index is 1110. The van der Waals surface area contributed by atoms with Crippen LogP contribution < -0.4 is 9.64 Å². The number of aliphatic carboxylic acids is 1. The van der Waals surface area contributed by atoms with Gasteiger partial charge in [0.15, 0.2) is 0 Å². The van der Waals surface area contributed by atoms with E-state index in [1.807, 2.05) is 6.07 Å². The summed E-state index contributed by atoms with van der Waals surface area (Å²) in [6.07, 6.45) is -0.261. The molecular formula is C27H31F3N2O4. The van der Waals surface area contributed by atoms with Crippen LogP contribution in [0, 0.1) is 0 Å². The third-order valence-corrected chi connectivity index (χ3v) is 6.98. The molecule has 1 amide bonds. The van der Waals surface area contributed by atoms with Crippen molar-refractivity contribution in [1.29, 1.82) is 0 Å². The van der Waals surface area contributed by atoms with E-state index in [9.17, 15) is 22.8 Å². The lowest BCUT2D eigenvalue weighted by molar-refractivity contribution is -0.139. The predicted octanol–water partition coefficient (Wildman–Crippen LogP) is 5.24. The van der Waals surface area contributed by atoms with Crippen LogP contribution in [0.3, 0.4) is 0 Å². The number of benzene rings is 2. The number of rotatable bonds is 9. The largest absolute Gasteiger partial charge is 0.489 e. The second-order valence-electron chi connectivity index (χ2n) is 9.66. The van der Waals surface area contributed by atoms with Gasteiger partial charge in [0, 0.05) is 18.8 Å². The highest BCUT2D eigenvalue weighted by Gasteiger charge is 2.36. The number of carboxylic acids is 1. The van der Waals surface area contributed by atoms with Gasteiger partial charge in [-0.3, -0.25) is 14.5 Å². The van der Waals surface area contributed by atoms with Crippen LogP contribution in [0.1, 0.15) is 60.3 Å². The molecular weight excluding hydrogens is 473 g/mol. The predicted molar refractivity (Wildman–Crippen MR) is 129 cm³/mol. The highest BCUT2D eigenvalue weighted by molar-refractivity contribution is 5.96. The third-order valence-electron chi connectivity index (χ3n) is 6.98. The van der Waals surface area contributed by atoms with E-state index in [1.165, 1.54) is 6.07 Å². The fourth-order valence-corrected chi connectivity index (χ4v) is 5.11. The van der Waals surface area contributed by atoms with Crippen molar-refractivity contribution in [3.8, 4) is 5.75 Å². The number of hydrogen-bond acceptors (Lipinski definition) is 4. The SMILES string of the molecule is CN(CCC(=O)O)CC(=O)N1CCc2cc(OCc3ccc(C4CCCC4)c(C(F)(F)F)c3)ccc21. The summed E-state index contributed by atoms with van der Waals surface area (Å²) < 4.78 is 47.1. The molecule has 4 rings (SSSR count). The zero-order valence-electron chi connectivity index (χ0n) is 20.3. The van der Waals surface area contributed by atoms with E-state index in [1.54, 1.807) is 41.1 Å². The highest BCUT2D eigenvalue weighted by Crippen LogP contribution is 2.42. The molecule has 36 heavy (non-hydrogen) atoms. The summed E-state index contributed by atoms with van der Waals surface area (Å²) in [7, 11) is 1.71. The van der Waals surface area contributed by atoms with E-state index in [0.29, 0.717) is 29.8 Å². The zero-order valence-corrected chi connectivity index (χ0v) is 20.3. The fraction of sp³-hybridized carbons (Fsp3) is 0.481. The maximum absolute atomic E-state index is 13.8. The van der Waals surface area contributed by atoms with E-state index in [2.05, 4.69) is 0 Å². The van der Waals surface area contributed by atoms with Crippen LogP contribution in [0.5, 0.6) is 5.75 Å². The number of ether oxygens (including phenoxy) is 1. The van der Waals surface area contributed by atoms with Crippen molar-refractivity contribution in [1.82, 2.24) is 4.90 Å². The Morgan fingerprint density at radius 3 is 2.58 bits per heavy atom. The van der Waals surface area contributed by atoms with Gasteiger partial charge in [-0.25, -0.2) is 0 Å². The van der Waals surface area contributed by atoms with Crippen molar-refractivity contribution in [3.63, 3.8) is 0 Å². The Labute approximate surface area is 208 Å². The number of carboxylic acid groups (broad SMARTS) is 1. The minimum absolute atomic E-state index is 0.0177. The van der Waals surface area contributed by atoms with E-state index in [-0.39, 0.29) is 37.9 Å². The molecule has 2 aromatic carbocycles. The van der Waals surface area contributed by atoms with Crippen molar-refractivity contribution in [3.05, 3.63) is 58.7 Å². The summed E-state index contributed by atoms with van der Waals surface area (Å²) in [4.78, 5) is 26.8. The first-order chi connectivity index (χ1) is 17.1. The van der Waals surface area contributed by atoms with Gasteiger partial charge >= 0.3 is 12.1 Å². The van der Waals surface area contributed by atoms with Crippen LogP contribution in [-0.4, -0.2) is 48.6 Å². The topological polar surface area (TPSA) is 70.1 Å². The normalized spacial score (nSPS) is 16.0. The first-order valence-electron chi connectivity index (χ1n) is 12.3. The van der Waals surface area contributed by atoms with Crippen molar-refractivity contribution in [2.45, 2.75) is 57.2 Å². The molecule has 6 nitrogen and oxygen atoms in total. The average Bonchev–Trinajstić information content (AvgIpc) is 3.50. The number of likely N-dealkylation sites (N-methyl/N-ethyl adjacent to an activating group) is 1. The molecule has 1 aliphatic carbocycles. The van der Waals surface area contributed by atoms with Gasteiger partial charge in [0.1, 0.15) is 12.4 Å². The molecule has 0 atom stereocenters. The minimum Gasteiger partial charge on any atom is -0.489 e. The molecule has 2 aliphatic rings. The molecule has 194 valence electrons. The average molecular weight is 505 g/mol. The minimum atomic E-state index is -4.40. The van der Waals surface area contributed by atoms with Crippen LogP contribution in [0.25, 0.3) is 0 Å². The third kappa shape index (κ3) is 6.19. The molecule has 2 aromatic rings. The van der Waals surface area contributed by atoms with Crippen LogP contribution in [0.4, 0.5) is 18.9 Å². The molecule has 9 heteroatoms. The standard InChI is InChI=1S/C27H31F3N2O4/c1-31(12-11-26(34)35)16-25(33)32-13-10-20-15-21(7-9-24(20)32)36-17-18-6-8-22(19-4-2-3-5-19)23(14-18)27(28,29)30/h6-9,14-15,19H,2-5,10-13,16-17H2,1H3,(H,34,35). The number of halogens is 3. The maximum Gasteiger partial charge on any atom is 0.416 e. The Hall–Kier alpha value is -3.07. The van der Waals surface area contributed by atoms with Crippen molar-refractivity contribution in [2.75, 3.05) is 31.6 Å². The van der Waals surface area contributed by atoms with Crippen molar-refractivity contribution in [2.24, 2.45) is 0 Å². The molecule has 0 unspecified atom stereocenters. The molecule has 0 spiro atoms. The number of anilines is 1. The summed E-state index contributed by atoms with van der Waals surface area (Å²) >= 11 is 0. The van der Waals surface area contributed by atoms with E-state index >= 15 is 0 Å². The van der Waals surface area contributed by atoms with Crippen LogP contribution >= 0.6 is 0 Å². The van der Waals surface area contributed by atoms with Crippen molar-refractivity contribution >= 4 is 17.6 Å². The summed E-state index contributed by atoms with van der Waals surface area (Å²) in [5.41, 5.74) is 2.00. The second kappa shape index (κ2) is 10.9. The molecule has 0 aromatic heterocycles. The Morgan fingerprint density at radius 2 is 1.89 bits per heavy atom. The van der Waals surface area contributed by atoms with Gasteiger partial charge in [-0.15, -0.1) is 0 Å². The molecule has 1 heterocycles. The quantitative estimate of drug-likeness (QED) is 0.506. The number of nitrogens with zero attached hydrogens (tertiary/aromatic N) is 2. The van der Waals surface area contributed by atoms with Crippen molar-refractivity contribution < 1.29 is 32.6 Å². The molecule has 1 N–H and O–H groups in total. The molecule has 1 aliphatic heterocycles. The highest BCUT2D eigenvalue weighted by atomic mass is 19.4. The Balaban J connectivity index is 1.40.